The first-order chi connectivity index (χ1) is 19.7. The number of amides is 2. The summed E-state index contributed by atoms with van der Waals surface area (Å²) in [5.74, 6) is 1.28. The molecule has 0 radical (unpaired) electrons. The molecule has 0 aliphatic rings. The molecule has 4 N–H and O–H groups in total. The predicted octanol–water partition coefficient (Wildman–Crippen LogP) is 6.38. The van der Waals surface area contributed by atoms with Gasteiger partial charge in [0.25, 0.3) is 0 Å². The van der Waals surface area contributed by atoms with Crippen LogP contribution < -0.4 is 20.7 Å². The van der Waals surface area contributed by atoms with Gasteiger partial charge in [-0.2, -0.15) is 5.10 Å². The van der Waals surface area contributed by atoms with Crippen LogP contribution in [0.15, 0.2) is 60.7 Å². The highest BCUT2D eigenvalue weighted by molar-refractivity contribution is 6.07. The van der Waals surface area contributed by atoms with Crippen molar-refractivity contribution in [2.24, 2.45) is 0 Å². The molecule has 4 rings (SSSR count). The molecule has 0 atom stereocenters. The maximum absolute atomic E-state index is 13.3. The van der Waals surface area contributed by atoms with Crippen LogP contribution >= 0.6 is 0 Å². The van der Waals surface area contributed by atoms with Gasteiger partial charge in [-0.15, -0.1) is 0 Å². The summed E-state index contributed by atoms with van der Waals surface area (Å²) < 4.78 is 13.1. The molecule has 1 heterocycles. The molecule has 4 aromatic rings. The van der Waals surface area contributed by atoms with Crippen molar-refractivity contribution in [2.45, 2.75) is 46.5 Å². The number of carbonyl (C=O) groups is 1. The second-order valence-electron chi connectivity index (χ2n) is 11.0. The van der Waals surface area contributed by atoms with Gasteiger partial charge in [0.05, 0.1) is 18.0 Å². The Labute approximate surface area is 241 Å². The lowest BCUT2D eigenvalue weighted by Gasteiger charge is -2.15. The van der Waals surface area contributed by atoms with Crippen LogP contribution in [0.5, 0.6) is 11.5 Å². The van der Waals surface area contributed by atoms with E-state index < -0.39 is 6.03 Å². The van der Waals surface area contributed by atoms with Gasteiger partial charge >= 0.3 is 6.03 Å². The molecule has 0 bridgehead atoms. The molecule has 0 saturated heterocycles. The molecule has 2 amide bonds. The fraction of sp³-hybridized carbons (Fsp3) is 0.375. The van der Waals surface area contributed by atoms with Crippen molar-refractivity contribution in [2.75, 3.05) is 43.5 Å². The zero-order valence-electron chi connectivity index (χ0n) is 24.6. The lowest BCUT2D eigenvalue weighted by Crippen LogP contribution is -2.25. The van der Waals surface area contributed by atoms with E-state index in [0.29, 0.717) is 37.0 Å². The smallest absolute Gasteiger partial charge is 0.324 e. The summed E-state index contributed by atoms with van der Waals surface area (Å²) in [5.41, 5.74) is 2.58. The summed E-state index contributed by atoms with van der Waals surface area (Å²) in [6, 6.07) is 18.3. The van der Waals surface area contributed by atoms with Crippen molar-refractivity contribution in [1.29, 1.82) is 0 Å². The van der Waals surface area contributed by atoms with E-state index in [1.165, 1.54) is 0 Å². The molecule has 0 saturated carbocycles. The van der Waals surface area contributed by atoms with Crippen LogP contribution in [0, 0.1) is 6.92 Å². The number of carbonyl (C=O) groups excluding carboxylic acids is 1. The number of benzene rings is 3. The molecule has 0 fully saturated rings. The Hall–Kier alpha value is -4.08. The summed E-state index contributed by atoms with van der Waals surface area (Å²) in [6.07, 6.45) is 1.02. The normalized spacial score (nSPS) is 11.5. The van der Waals surface area contributed by atoms with Gasteiger partial charge in [0.2, 0.25) is 0 Å². The summed E-state index contributed by atoms with van der Waals surface area (Å²) in [6.45, 7) is 13.6. The number of hydrogen-bond acceptors (Lipinski definition) is 6. The number of hydrogen-bond donors (Lipinski definition) is 4. The third kappa shape index (κ3) is 7.77. The number of nitrogens with zero attached hydrogens (tertiary/aromatic N) is 2. The van der Waals surface area contributed by atoms with Crippen molar-refractivity contribution in [3.63, 3.8) is 0 Å². The Bertz CT molecular complexity index is 1470. The number of aromatic hydroxyl groups is 1. The molecule has 0 aliphatic carbocycles. The largest absolute Gasteiger partial charge is 0.506 e. The van der Waals surface area contributed by atoms with Crippen molar-refractivity contribution in [3.05, 3.63) is 71.9 Å². The standard InChI is InChI=1S/C32H41N5O4/c1-6-17-40-18-15-33-16-19-41-28-14-12-25(23-9-7-8-10-24(23)28)34-31(39)35-30-21-29(32(3,4)5)36-37(30)26-13-11-22(2)20-27(26)38/h7-14,20-21,33,38H,6,15-19H2,1-5H3,(H2,34,35,39). The van der Waals surface area contributed by atoms with Crippen molar-refractivity contribution < 1.29 is 19.4 Å². The first kappa shape index (κ1) is 29.9. The van der Waals surface area contributed by atoms with E-state index in [9.17, 15) is 9.90 Å². The van der Waals surface area contributed by atoms with Gasteiger partial charge in [-0.1, -0.05) is 58.0 Å². The Morgan fingerprint density at radius 3 is 2.44 bits per heavy atom. The van der Waals surface area contributed by atoms with Gasteiger partial charge in [-0.05, 0) is 43.2 Å². The van der Waals surface area contributed by atoms with E-state index in [1.807, 2.05) is 76.2 Å². The van der Waals surface area contributed by atoms with Gasteiger partial charge in [0, 0.05) is 42.0 Å². The van der Waals surface area contributed by atoms with E-state index >= 15 is 0 Å². The molecule has 0 unspecified atom stereocenters. The predicted molar refractivity (Wildman–Crippen MR) is 165 cm³/mol. The molecule has 0 aliphatic heterocycles. The maximum atomic E-state index is 13.3. The average molecular weight is 560 g/mol. The molecule has 1 aromatic heterocycles. The third-order valence-corrected chi connectivity index (χ3v) is 6.52. The van der Waals surface area contributed by atoms with Crippen LogP contribution in [-0.4, -0.2) is 53.8 Å². The summed E-state index contributed by atoms with van der Waals surface area (Å²) in [5, 5.41) is 26.3. The summed E-state index contributed by atoms with van der Waals surface area (Å²) in [7, 11) is 0. The van der Waals surface area contributed by atoms with Gasteiger partial charge in [-0.3, -0.25) is 5.32 Å². The van der Waals surface area contributed by atoms with E-state index in [-0.39, 0.29) is 11.2 Å². The number of phenols is 1. The highest BCUT2D eigenvalue weighted by Gasteiger charge is 2.23. The number of urea groups is 1. The lowest BCUT2D eigenvalue weighted by molar-refractivity contribution is 0.135. The van der Waals surface area contributed by atoms with E-state index in [2.05, 4.69) is 22.9 Å². The van der Waals surface area contributed by atoms with Gasteiger partial charge in [0.15, 0.2) is 0 Å². The number of nitrogens with one attached hydrogen (secondary N) is 3. The SMILES string of the molecule is CCCOCCNCCOc1ccc(NC(=O)Nc2cc(C(C)(C)C)nn2-c2ccc(C)cc2O)c2ccccc12. The number of rotatable bonds is 12. The minimum Gasteiger partial charge on any atom is -0.506 e. The van der Waals surface area contributed by atoms with Crippen LogP contribution in [-0.2, 0) is 10.2 Å². The molecular formula is C32H41N5O4. The maximum Gasteiger partial charge on any atom is 0.324 e. The zero-order chi connectivity index (χ0) is 29.4. The second kappa shape index (κ2) is 13.5. The van der Waals surface area contributed by atoms with Gasteiger partial charge in [0.1, 0.15) is 29.6 Å². The molecule has 3 aromatic carbocycles. The van der Waals surface area contributed by atoms with Crippen molar-refractivity contribution in [1.82, 2.24) is 15.1 Å². The number of fused-ring (bicyclic) bond motifs is 1. The van der Waals surface area contributed by atoms with E-state index in [0.717, 1.165) is 47.4 Å². The van der Waals surface area contributed by atoms with Crippen LogP contribution in [0.4, 0.5) is 16.3 Å². The first-order valence-corrected chi connectivity index (χ1v) is 14.1. The Kier molecular flexibility index (Phi) is 9.86. The Morgan fingerprint density at radius 2 is 1.71 bits per heavy atom. The molecule has 0 spiro atoms. The van der Waals surface area contributed by atoms with Crippen LogP contribution in [0.1, 0.15) is 45.4 Å². The molecule has 9 heteroatoms. The molecule has 9 nitrogen and oxygen atoms in total. The van der Waals surface area contributed by atoms with Gasteiger partial charge in [-0.25, -0.2) is 9.48 Å². The Balaban J connectivity index is 1.48. The topological polar surface area (TPSA) is 110 Å². The quantitative estimate of drug-likeness (QED) is 0.150. The number of anilines is 2. The molecule has 41 heavy (non-hydrogen) atoms. The van der Waals surface area contributed by atoms with E-state index in [4.69, 9.17) is 14.6 Å². The Morgan fingerprint density at radius 1 is 0.951 bits per heavy atom. The number of aryl methyl sites for hydroxylation is 1. The molecule has 218 valence electrons. The average Bonchev–Trinajstić information content (AvgIpc) is 3.35. The fourth-order valence-electron chi connectivity index (χ4n) is 4.36. The number of phenolic OH excluding ortho intramolecular Hbond substituents is 1. The fourth-order valence-corrected chi connectivity index (χ4v) is 4.36. The summed E-state index contributed by atoms with van der Waals surface area (Å²) in [4.78, 5) is 13.3. The van der Waals surface area contributed by atoms with E-state index in [1.54, 1.807) is 16.8 Å². The summed E-state index contributed by atoms with van der Waals surface area (Å²) >= 11 is 0. The van der Waals surface area contributed by atoms with Crippen molar-refractivity contribution in [3.8, 4) is 17.2 Å². The van der Waals surface area contributed by atoms with Crippen molar-refractivity contribution >= 4 is 28.3 Å². The third-order valence-electron chi connectivity index (χ3n) is 6.52. The highest BCUT2D eigenvalue weighted by Crippen LogP contribution is 2.33. The van der Waals surface area contributed by atoms with Crippen LogP contribution in [0.2, 0.25) is 0 Å². The number of aromatic nitrogens is 2. The highest BCUT2D eigenvalue weighted by atomic mass is 16.5. The minimum absolute atomic E-state index is 0.0821. The molecular weight excluding hydrogens is 518 g/mol. The van der Waals surface area contributed by atoms with Crippen LogP contribution in [0.3, 0.4) is 0 Å². The lowest BCUT2D eigenvalue weighted by atomic mass is 9.92. The first-order valence-electron chi connectivity index (χ1n) is 14.1. The monoisotopic (exact) mass is 559 g/mol. The van der Waals surface area contributed by atoms with Crippen LogP contribution in [0.25, 0.3) is 16.5 Å². The number of ether oxygens (including phenoxy) is 2. The van der Waals surface area contributed by atoms with Gasteiger partial charge < -0.3 is 25.2 Å². The zero-order valence-corrected chi connectivity index (χ0v) is 24.6. The second-order valence-corrected chi connectivity index (χ2v) is 11.0. The minimum atomic E-state index is -0.425.